The molecule has 5 rings (SSSR count). The summed E-state index contributed by atoms with van der Waals surface area (Å²) in [6.07, 6.45) is -0.352. The van der Waals surface area contributed by atoms with Crippen LogP contribution in [-0.2, 0) is 33.2 Å². The second kappa shape index (κ2) is 16.1. The molecule has 2 saturated heterocycles. The first-order chi connectivity index (χ1) is 23.6. The quantitative estimate of drug-likeness (QED) is 0.198. The first kappa shape index (κ1) is 34.9. The topological polar surface area (TPSA) is 184 Å². The highest BCUT2D eigenvalue weighted by atomic mass is 32.2. The van der Waals surface area contributed by atoms with E-state index in [4.69, 9.17) is 14.2 Å². The number of hydrogen-bond acceptors (Lipinski definition) is 11. The van der Waals surface area contributed by atoms with Crippen molar-refractivity contribution in [1.29, 1.82) is 0 Å². The average molecular weight is 694 g/mol. The fourth-order valence-electron chi connectivity index (χ4n) is 5.54. The van der Waals surface area contributed by atoms with Gasteiger partial charge in [-0.1, -0.05) is 12.1 Å². The Hall–Kier alpha value is -5.38. The molecule has 258 valence electrons. The number of hydrogen-bond donors (Lipinski definition) is 1. The van der Waals surface area contributed by atoms with Gasteiger partial charge in [0.15, 0.2) is 0 Å². The monoisotopic (exact) mass is 693 g/mol. The number of nitro groups is 2. The van der Waals surface area contributed by atoms with E-state index in [1.54, 1.807) is 18.9 Å². The third-order valence-corrected chi connectivity index (χ3v) is 9.57. The van der Waals surface area contributed by atoms with Crippen LogP contribution in [0.5, 0.6) is 5.75 Å². The number of benzene rings is 3. The summed E-state index contributed by atoms with van der Waals surface area (Å²) >= 11 is 1.63. The Balaban J connectivity index is 1.17. The van der Waals surface area contributed by atoms with Crippen LogP contribution in [0.2, 0.25) is 0 Å². The number of methoxy groups -OCH3 is 1. The SMILES string of the molecule is COc1ccc(CS[C@H]2C[C@@H](C(=O)N[C@H]3CCN(C(=O)OCc4ccc([N+](=O)[O-])cc4)C3)N(C(=O)OCc3ccc([N+](=O)[O-])cc3)C2)cc1. The Bertz CT molecular complexity index is 1660. The van der Waals surface area contributed by atoms with Crippen molar-refractivity contribution in [2.75, 3.05) is 26.7 Å². The molecule has 0 bridgehead atoms. The van der Waals surface area contributed by atoms with Crippen LogP contribution >= 0.6 is 11.8 Å². The Morgan fingerprint density at radius 1 is 0.816 bits per heavy atom. The molecule has 3 aromatic rings. The molecule has 49 heavy (non-hydrogen) atoms. The van der Waals surface area contributed by atoms with E-state index in [-0.39, 0.29) is 54.9 Å². The van der Waals surface area contributed by atoms with Gasteiger partial charge in [-0.25, -0.2) is 9.59 Å². The van der Waals surface area contributed by atoms with Gasteiger partial charge in [0.2, 0.25) is 5.91 Å². The van der Waals surface area contributed by atoms with Crippen molar-refractivity contribution < 1.29 is 38.4 Å². The zero-order valence-electron chi connectivity index (χ0n) is 26.6. The molecule has 0 radical (unpaired) electrons. The molecule has 15 nitrogen and oxygen atoms in total. The summed E-state index contributed by atoms with van der Waals surface area (Å²) < 4.78 is 16.1. The number of rotatable bonds is 12. The van der Waals surface area contributed by atoms with Gasteiger partial charge in [0.25, 0.3) is 11.4 Å². The molecule has 2 aliphatic rings. The number of likely N-dealkylation sites (tertiary alicyclic amines) is 2. The maximum atomic E-state index is 13.6. The summed E-state index contributed by atoms with van der Waals surface area (Å²) in [5, 5.41) is 24.8. The highest BCUT2D eigenvalue weighted by Crippen LogP contribution is 2.31. The molecular weight excluding hydrogens is 658 g/mol. The summed E-state index contributed by atoms with van der Waals surface area (Å²) in [7, 11) is 1.60. The summed E-state index contributed by atoms with van der Waals surface area (Å²) in [4.78, 5) is 63.3. The lowest BCUT2D eigenvalue weighted by Crippen LogP contribution is -2.49. The van der Waals surface area contributed by atoms with E-state index < -0.39 is 28.1 Å². The van der Waals surface area contributed by atoms with Crippen LogP contribution in [0, 0.1) is 20.2 Å². The van der Waals surface area contributed by atoms with Crippen molar-refractivity contribution in [2.24, 2.45) is 0 Å². The Kier molecular flexibility index (Phi) is 11.5. The van der Waals surface area contributed by atoms with Crippen molar-refractivity contribution in [3.8, 4) is 5.75 Å². The van der Waals surface area contributed by atoms with Gasteiger partial charge < -0.3 is 24.4 Å². The molecule has 2 fully saturated rings. The lowest BCUT2D eigenvalue weighted by atomic mass is 10.1. The largest absolute Gasteiger partial charge is 0.497 e. The van der Waals surface area contributed by atoms with Gasteiger partial charge >= 0.3 is 12.2 Å². The minimum absolute atomic E-state index is 0.0562. The first-order valence-electron chi connectivity index (χ1n) is 15.5. The fourth-order valence-corrected chi connectivity index (χ4v) is 6.74. The second-order valence-electron chi connectivity index (χ2n) is 11.6. The van der Waals surface area contributed by atoms with E-state index in [1.165, 1.54) is 58.3 Å². The van der Waals surface area contributed by atoms with E-state index in [2.05, 4.69) is 5.32 Å². The average Bonchev–Trinajstić information content (AvgIpc) is 3.77. The molecule has 3 atom stereocenters. The second-order valence-corrected chi connectivity index (χ2v) is 12.9. The number of thioether (sulfide) groups is 1. The number of carbonyl (C=O) groups is 3. The van der Waals surface area contributed by atoms with Gasteiger partial charge in [-0.2, -0.15) is 11.8 Å². The van der Waals surface area contributed by atoms with Gasteiger partial charge in [0, 0.05) is 60.9 Å². The molecule has 3 amide bonds. The zero-order chi connectivity index (χ0) is 34.9. The molecule has 0 aliphatic carbocycles. The van der Waals surface area contributed by atoms with Gasteiger partial charge in [-0.05, 0) is 65.9 Å². The number of nitro benzene ring substituents is 2. The normalized spacial score (nSPS) is 18.5. The fraction of sp³-hybridized carbons (Fsp3) is 0.364. The Morgan fingerprint density at radius 3 is 1.92 bits per heavy atom. The third kappa shape index (κ3) is 9.37. The van der Waals surface area contributed by atoms with Gasteiger partial charge in [-0.3, -0.25) is 29.9 Å². The lowest BCUT2D eigenvalue weighted by Gasteiger charge is -2.25. The van der Waals surface area contributed by atoms with E-state index >= 15 is 0 Å². The van der Waals surface area contributed by atoms with Gasteiger partial charge in [0.1, 0.15) is 25.0 Å². The van der Waals surface area contributed by atoms with Crippen LogP contribution < -0.4 is 10.1 Å². The van der Waals surface area contributed by atoms with Gasteiger partial charge in [-0.15, -0.1) is 0 Å². The zero-order valence-corrected chi connectivity index (χ0v) is 27.4. The lowest BCUT2D eigenvalue weighted by molar-refractivity contribution is -0.385. The molecule has 0 spiro atoms. The van der Waals surface area contributed by atoms with E-state index in [1.807, 2.05) is 24.3 Å². The number of carbonyl (C=O) groups excluding carboxylic acids is 3. The van der Waals surface area contributed by atoms with Gasteiger partial charge in [0.05, 0.1) is 17.0 Å². The number of nitrogens with one attached hydrogen (secondary N) is 1. The van der Waals surface area contributed by atoms with Crippen molar-refractivity contribution in [3.63, 3.8) is 0 Å². The minimum atomic E-state index is -0.805. The standard InChI is InChI=1S/C33H35N5O10S/c1-46-28-12-6-24(7-13-28)21-49-29-16-30(36(18-29)33(41)48-20-23-4-10-27(11-5-23)38(44)45)31(39)34-25-14-15-35(17-25)32(40)47-19-22-2-8-26(9-3-22)37(42)43/h2-13,25,29-30H,14-21H2,1H3,(H,34,39)/t25-,29-,30-/m0/s1. The van der Waals surface area contributed by atoms with Crippen molar-refractivity contribution in [2.45, 2.75) is 49.1 Å². The predicted octanol–water partition coefficient (Wildman–Crippen LogP) is 5.05. The van der Waals surface area contributed by atoms with E-state index in [0.717, 1.165) is 11.3 Å². The van der Waals surface area contributed by atoms with Crippen molar-refractivity contribution >= 4 is 41.2 Å². The van der Waals surface area contributed by atoms with Crippen LogP contribution in [0.4, 0.5) is 21.0 Å². The minimum Gasteiger partial charge on any atom is -0.497 e. The Labute approximate surface area is 285 Å². The molecule has 3 aromatic carbocycles. The molecule has 0 unspecified atom stereocenters. The number of amides is 3. The van der Waals surface area contributed by atoms with Crippen molar-refractivity contribution in [3.05, 3.63) is 110 Å². The number of ether oxygens (including phenoxy) is 3. The Morgan fingerprint density at radius 2 is 1.37 bits per heavy atom. The highest BCUT2D eigenvalue weighted by molar-refractivity contribution is 7.99. The molecule has 0 saturated carbocycles. The van der Waals surface area contributed by atoms with E-state index in [0.29, 0.717) is 36.3 Å². The molecular formula is C33H35N5O10S. The molecule has 2 aliphatic heterocycles. The van der Waals surface area contributed by atoms with Crippen LogP contribution in [0.25, 0.3) is 0 Å². The maximum absolute atomic E-state index is 13.6. The van der Waals surface area contributed by atoms with Crippen LogP contribution in [0.15, 0.2) is 72.8 Å². The van der Waals surface area contributed by atoms with Crippen molar-refractivity contribution in [1.82, 2.24) is 15.1 Å². The molecule has 1 N–H and O–H groups in total. The van der Waals surface area contributed by atoms with Crippen LogP contribution in [-0.4, -0.2) is 81.8 Å². The smallest absolute Gasteiger partial charge is 0.410 e. The number of non-ortho nitro benzene ring substituents is 2. The van der Waals surface area contributed by atoms with Crippen LogP contribution in [0.1, 0.15) is 29.5 Å². The summed E-state index contributed by atoms with van der Waals surface area (Å²) in [5.74, 6) is 1.05. The molecule has 0 aromatic heterocycles. The first-order valence-corrected chi connectivity index (χ1v) is 16.5. The summed E-state index contributed by atoms with van der Waals surface area (Å²) in [6.45, 7) is 0.682. The predicted molar refractivity (Wildman–Crippen MR) is 178 cm³/mol. The van der Waals surface area contributed by atoms with E-state index in [9.17, 15) is 34.6 Å². The third-order valence-electron chi connectivity index (χ3n) is 8.26. The molecule has 2 heterocycles. The molecule has 16 heteroatoms. The summed E-state index contributed by atoms with van der Waals surface area (Å²) in [5.41, 5.74) is 2.10. The highest BCUT2D eigenvalue weighted by Gasteiger charge is 2.42. The summed E-state index contributed by atoms with van der Waals surface area (Å²) in [6, 6.07) is 17.9. The maximum Gasteiger partial charge on any atom is 0.410 e. The number of nitrogens with zero attached hydrogens (tertiary/aromatic N) is 4. The van der Waals surface area contributed by atoms with Crippen LogP contribution in [0.3, 0.4) is 0 Å².